The van der Waals surface area contributed by atoms with Crippen molar-refractivity contribution < 1.29 is 19.2 Å². The Balaban J connectivity index is 1.09. The summed E-state index contributed by atoms with van der Waals surface area (Å²) < 4.78 is 0. The number of unbranched alkanes of at least 4 members (excludes halogenated alkanes) is 1. The molecule has 2 N–H and O–H groups in total. The molecule has 3 fully saturated rings. The lowest BCUT2D eigenvalue weighted by Gasteiger charge is -2.35. The summed E-state index contributed by atoms with van der Waals surface area (Å²) in [5.74, 6) is 0.684. The second-order valence-corrected chi connectivity index (χ2v) is 9.52. The summed E-state index contributed by atoms with van der Waals surface area (Å²) in [5, 5.41) is 6.41. The molecule has 0 aliphatic carbocycles. The van der Waals surface area contributed by atoms with Gasteiger partial charge in [0.1, 0.15) is 0 Å². The number of hydrogen-bond donors (Lipinski definition) is 2. The summed E-state index contributed by atoms with van der Waals surface area (Å²) in [4.78, 5) is 52.5. The minimum absolute atomic E-state index is 0.0556. The monoisotopic (exact) mass is 435 g/mol. The SMILES string of the molecule is O=C1N[C@H]2[C@H](CS[C@H]2CCCCC(=O)N2CCN(CCN3C(=O)C=CC3=O)CC2)N1. The van der Waals surface area contributed by atoms with Crippen molar-refractivity contribution in [3.05, 3.63) is 12.2 Å². The van der Waals surface area contributed by atoms with Gasteiger partial charge in [-0.25, -0.2) is 4.79 Å². The summed E-state index contributed by atoms with van der Waals surface area (Å²) in [6, 6.07) is 0.427. The molecule has 3 atom stereocenters. The number of fused-ring (bicyclic) bond motifs is 1. The zero-order valence-electron chi connectivity index (χ0n) is 17.0. The quantitative estimate of drug-likeness (QED) is 0.311. The molecular weight excluding hydrogens is 406 g/mol. The van der Waals surface area contributed by atoms with E-state index in [4.69, 9.17) is 0 Å². The van der Waals surface area contributed by atoms with E-state index in [1.807, 2.05) is 16.7 Å². The lowest BCUT2D eigenvalue weighted by atomic mass is 10.0. The van der Waals surface area contributed by atoms with Crippen molar-refractivity contribution in [2.24, 2.45) is 0 Å². The zero-order chi connectivity index (χ0) is 21.1. The number of rotatable bonds is 8. The average Bonchev–Trinajstić information content (AvgIpc) is 3.39. The Morgan fingerprint density at radius 2 is 1.73 bits per heavy atom. The molecule has 0 spiro atoms. The minimum Gasteiger partial charge on any atom is -0.340 e. The van der Waals surface area contributed by atoms with Crippen molar-refractivity contribution in [1.29, 1.82) is 0 Å². The average molecular weight is 436 g/mol. The van der Waals surface area contributed by atoms with Crippen LogP contribution in [-0.2, 0) is 14.4 Å². The Hall–Kier alpha value is -2.07. The molecule has 30 heavy (non-hydrogen) atoms. The second kappa shape index (κ2) is 9.38. The fraction of sp³-hybridized carbons (Fsp3) is 0.700. The van der Waals surface area contributed by atoms with Gasteiger partial charge in [-0.3, -0.25) is 24.2 Å². The topological polar surface area (TPSA) is 102 Å². The van der Waals surface area contributed by atoms with Crippen molar-refractivity contribution in [2.75, 3.05) is 45.0 Å². The van der Waals surface area contributed by atoms with Crippen LogP contribution in [0.4, 0.5) is 4.79 Å². The van der Waals surface area contributed by atoms with Crippen LogP contribution in [0.2, 0.25) is 0 Å². The van der Waals surface area contributed by atoms with E-state index < -0.39 is 0 Å². The Kier molecular flexibility index (Phi) is 6.62. The van der Waals surface area contributed by atoms with Gasteiger partial charge in [-0.05, 0) is 12.8 Å². The van der Waals surface area contributed by atoms with Gasteiger partial charge in [0, 0.05) is 68.8 Å². The van der Waals surface area contributed by atoms with E-state index >= 15 is 0 Å². The highest BCUT2D eigenvalue weighted by molar-refractivity contribution is 8.00. The molecule has 0 aromatic carbocycles. The first-order valence-corrected chi connectivity index (χ1v) is 11.8. The van der Waals surface area contributed by atoms with Crippen LogP contribution in [0, 0.1) is 0 Å². The molecule has 10 heteroatoms. The van der Waals surface area contributed by atoms with Crippen molar-refractivity contribution >= 4 is 35.5 Å². The van der Waals surface area contributed by atoms with Gasteiger partial charge in [0.25, 0.3) is 11.8 Å². The number of nitrogens with one attached hydrogen (secondary N) is 2. The third-order valence-corrected chi connectivity index (χ3v) is 7.84. The molecular formula is C20H29N5O4S. The van der Waals surface area contributed by atoms with Crippen LogP contribution in [-0.4, -0.2) is 101 Å². The van der Waals surface area contributed by atoms with Crippen molar-refractivity contribution in [3.63, 3.8) is 0 Å². The number of piperazine rings is 1. The molecule has 0 unspecified atom stereocenters. The molecule has 4 aliphatic rings. The van der Waals surface area contributed by atoms with Crippen molar-refractivity contribution in [1.82, 2.24) is 25.3 Å². The predicted molar refractivity (Wildman–Crippen MR) is 113 cm³/mol. The lowest BCUT2D eigenvalue weighted by molar-refractivity contribution is -0.137. The van der Waals surface area contributed by atoms with Crippen LogP contribution in [0.5, 0.6) is 0 Å². The first-order chi connectivity index (χ1) is 14.5. The molecule has 0 radical (unpaired) electrons. The van der Waals surface area contributed by atoms with Gasteiger partial charge in [-0.1, -0.05) is 6.42 Å². The first-order valence-electron chi connectivity index (χ1n) is 10.7. The normalized spacial score (nSPS) is 28.8. The van der Waals surface area contributed by atoms with E-state index in [1.165, 1.54) is 17.1 Å². The first kappa shape index (κ1) is 21.2. The van der Waals surface area contributed by atoms with Crippen LogP contribution in [0.15, 0.2) is 12.2 Å². The van der Waals surface area contributed by atoms with Gasteiger partial charge >= 0.3 is 6.03 Å². The summed E-state index contributed by atoms with van der Waals surface area (Å²) in [6.07, 6.45) is 6.08. The molecule has 3 saturated heterocycles. The number of hydrogen-bond acceptors (Lipinski definition) is 6. The van der Waals surface area contributed by atoms with Gasteiger partial charge in [0.15, 0.2) is 0 Å². The largest absolute Gasteiger partial charge is 0.340 e. The van der Waals surface area contributed by atoms with E-state index in [1.54, 1.807) is 0 Å². The summed E-state index contributed by atoms with van der Waals surface area (Å²) >= 11 is 1.91. The number of nitrogens with zero attached hydrogens (tertiary/aromatic N) is 3. The van der Waals surface area contributed by atoms with E-state index in [0.29, 0.717) is 37.8 Å². The maximum absolute atomic E-state index is 12.5. The van der Waals surface area contributed by atoms with E-state index in [9.17, 15) is 19.2 Å². The second-order valence-electron chi connectivity index (χ2n) is 8.25. The van der Waals surface area contributed by atoms with Crippen LogP contribution in [0.25, 0.3) is 0 Å². The standard InChI is InChI=1S/C20H29N5O4S/c26-16(4-2-1-3-15-19-14(13-30-15)21-20(29)22-19)24-10-7-23(8-11-24)9-12-25-17(27)5-6-18(25)28/h5-6,14-15,19H,1-4,7-13H2,(H2,21,22,29)/t14-,15-,19-/m0/s1. The van der Waals surface area contributed by atoms with Crippen LogP contribution < -0.4 is 10.6 Å². The Morgan fingerprint density at radius 3 is 2.47 bits per heavy atom. The van der Waals surface area contributed by atoms with Crippen molar-refractivity contribution in [2.45, 2.75) is 43.0 Å². The molecule has 4 aliphatic heterocycles. The minimum atomic E-state index is -0.244. The van der Waals surface area contributed by atoms with Gasteiger partial charge in [0.05, 0.1) is 12.1 Å². The maximum Gasteiger partial charge on any atom is 0.315 e. The molecule has 0 bridgehead atoms. The van der Waals surface area contributed by atoms with Gasteiger partial charge < -0.3 is 15.5 Å². The van der Waals surface area contributed by atoms with Crippen LogP contribution in [0.1, 0.15) is 25.7 Å². The number of carbonyl (C=O) groups is 4. The Bertz CT molecular complexity index is 719. The molecule has 4 heterocycles. The number of urea groups is 1. The van der Waals surface area contributed by atoms with Crippen molar-refractivity contribution in [3.8, 4) is 0 Å². The van der Waals surface area contributed by atoms with Gasteiger partial charge in [-0.15, -0.1) is 0 Å². The molecule has 9 nitrogen and oxygen atoms in total. The summed E-state index contributed by atoms with van der Waals surface area (Å²) in [7, 11) is 0. The molecule has 4 rings (SSSR count). The Morgan fingerprint density at radius 1 is 1.00 bits per heavy atom. The molecule has 0 aromatic heterocycles. The summed E-state index contributed by atoms with van der Waals surface area (Å²) in [5.41, 5.74) is 0. The van der Waals surface area contributed by atoms with Gasteiger partial charge in [-0.2, -0.15) is 11.8 Å². The van der Waals surface area contributed by atoms with Gasteiger partial charge in [0.2, 0.25) is 5.91 Å². The number of imide groups is 1. The van der Waals surface area contributed by atoms with Crippen LogP contribution in [0.3, 0.4) is 0 Å². The predicted octanol–water partition coefficient (Wildman–Crippen LogP) is -0.219. The smallest absolute Gasteiger partial charge is 0.315 e. The van der Waals surface area contributed by atoms with Crippen LogP contribution >= 0.6 is 11.8 Å². The summed E-state index contributed by atoms with van der Waals surface area (Å²) in [6.45, 7) is 3.97. The highest BCUT2D eigenvalue weighted by Crippen LogP contribution is 2.33. The molecule has 0 saturated carbocycles. The molecule has 0 aromatic rings. The lowest BCUT2D eigenvalue weighted by Crippen LogP contribution is -2.50. The van der Waals surface area contributed by atoms with E-state index in [2.05, 4.69) is 15.5 Å². The fourth-order valence-corrected chi connectivity index (χ4v) is 6.08. The molecule has 5 amide bonds. The number of amides is 5. The highest BCUT2D eigenvalue weighted by atomic mass is 32.2. The van der Waals surface area contributed by atoms with E-state index in [-0.39, 0.29) is 35.8 Å². The maximum atomic E-state index is 12.5. The zero-order valence-corrected chi connectivity index (χ0v) is 17.9. The third-order valence-electron chi connectivity index (χ3n) is 6.33. The highest BCUT2D eigenvalue weighted by Gasteiger charge is 2.42. The van der Waals surface area contributed by atoms with E-state index in [0.717, 1.165) is 38.1 Å². The Labute approximate surface area is 180 Å². The third kappa shape index (κ3) is 4.80. The molecule has 164 valence electrons. The number of carbonyl (C=O) groups excluding carboxylic acids is 4. The fourth-order valence-electron chi connectivity index (χ4n) is 4.54. The number of thioether (sulfide) groups is 1.